The van der Waals surface area contributed by atoms with Gasteiger partial charge in [0.05, 0.1) is 10.8 Å². The van der Waals surface area contributed by atoms with Crippen molar-refractivity contribution in [3.63, 3.8) is 0 Å². The van der Waals surface area contributed by atoms with E-state index in [-0.39, 0.29) is 35.9 Å². The van der Waals surface area contributed by atoms with E-state index in [1.54, 1.807) is 17.5 Å². The molecule has 2 aliphatic heterocycles. The molecule has 2 fully saturated rings. The second kappa shape index (κ2) is 11.7. The predicted octanol–water partition coefficient (Wildman–Crippen LogP) is 5.16. The highest BCUT2D eigenvalue weighted by Crippen LogP contribution is 2.32. The Morgan fingerprint density at radius 3 is 2.55 bits per heavy atom. The van der Waals surface area contributed by atoms with E-state index in [0.717, 1.165) is 29.0 Å². The molecule has 196 valence electrons. The summed E-state index contributed by atoms with van der Waals surface area (Å²) in [5.74, 6) is -0.0946. The molecule has 11 heteroatoms. The number of thiocarbonyl (C=S) groups is 1. The monoisotopic (exact) mass is 568 g/mol. The molecule has 7 nitrogen and oxygen atoms in total. The van der Waals surface area contributed by atoms with Gasteiger partial charge >= 0.3 is 0 Å². The van der Waals surface area contributed by atoms with E-state index in [0.29, 0.717) is 41.1 Å². The summed E-state index contributed by atoms with van der Waals surface area (Å²) in [4.78, 5) is 45.5. The number of thioether (sulfide) groups is 1. The van der Waals surface area contributed by atoms with Crippen molar-refractivity contribution in [1.29, 1.82) is 0 Å². The zero-order valence-electron chi connectivity index (χ0n) is 20.4. The van der Waals surface area contributed by atoms with E-state index in [2.05, 4.69) is 10.3 Å². The molecule has 5 rings (SSSR count). The Hall–Kier alpha value is -3.15. The molecule has 0 unspecified atom stereocenters. The Balaban J connectivity index is 1.16. The molecule has 3 heterocycles. The highest BCUT2D eigenvalue weighted by molar-refractivity contribution is 8.23. The van der Waals surface area contributed by atoms with Gasteiger partial charge in [0, 0.05) is 48.6 Å². The van der Waals surface area contributed by atoms with Crippen LogP contribution in [0.3, 0.4) is 0 Å². The van der Waals surface area contributed by atoms with Gasteiger partial charge in [0.15, 0.2) is 0 Å². The second-order valence-electron chi connectivity index (χ2n) is 9.08. The molecule has 0 bridgehead atoms. The third-order valence-electron chi connectivity index (χ3n) is 6.67. The zero-order valence-corrected chi connectivity index (χ0v) is 22.8. The van der Waals surface area contributed by atoms with Crippen molar-refractivity contribution in [3.8, 4) is 11.1 Å². The number of likely N-dealkylation sites (tertiary alicyclic amines) is 1. The van der Waals surface area contributed by atoms with E-state index in [9.17, 15) is 18.8 Å². The number of halogens is 1. The molecule has 0 spiro atoms. The fourth-order valence-corrected chi connectivity index (χ4v) is 6.67. The van der Waals surface area contributed by atoms with Gasteiger partial charge in [-0.2, -0.15) is 0 Å². The molecule has 1 aromatic heterocycles. The van der Waals surface area contributed by atoms with Gasteiger partial charge in [-0.25, -0.2) is 9.37 Å². The van der Waals surface area contributed by atoms with Gasteiger partial charge in [-0.3, -0.25) is 19.3 Å². The van der Waals surface area contributed by atoms with Gasteiger partial charge in [-0.1, -0.05) is 54.3 Å². The van der Waals surface area contributed by atoms with Crippen molar-refractivity contribution in [2.24, 2.45) is 0 Å². The van der Waals surface area contributed by atoms with Crippen LogP contribution >= 0.6 is 35.3 Å². The van der Waals surface area contributed by atoms with Crippen molar-refractivity contribution in [2.45, 2.75) is 25.2 Å². The number of nitrogens with one attached hydrogen (secondary N) is 1. The van der Waals surface area contributed by atoms with Crippen LogP contribution < -0.4 is 5.32 Å². The number of thiazole rings is 1. The molecule has 3 aromatic rings. The van der Waals surface area contributed by atoms with Gasteiger partial charge in [0.2, 0.25) is 11.8 Å². The van der Waals surface area contributed by atoms with Gasteiger partial charge in [-0.15, -0.1) is 11.3 Å². The molecule has 2 aromatic carbocycles. The van der Waals surface area contributed by atoms with Crippen LogP contribution in [0.1, 0.15) is 40.7 Å². The first kappa shape index (κ1) is 26.5. The summed E-state index contributed by atoms with van der Waals surface area (Å²) in [6.07, 6.45) is 1.80. The van der Waals surface area contributed by atoms with Crippen molar-refractivity contribution in [2.75, 3.05) is 30.7 Å². The van der Waals surface area contributed by atoms with Crippen LogP contribution in [-0.2, 0) is 9.59 Å². The molecule has 0 radical (unpaired) electrons. The number of carbonyl (C=O) groups is 3. The largest absolute Gasteiger partial charge is 0.343 e. The molecular weight excluding hydrogens is 544 g/mol. The highest BCUT2D eigenvalue weighted by Gasteiger charge is 2.29. The average Bonchev–Trinajstić information content (AvgIpc) is 3.55. The number of hydrogen-bond donors (Lipinski definition) is 1. The first-order valence-electron chi connectivity index (χ1n) is 12.3. The Labute approximate surface area is 233 Å². The van der Waals surface area contributed by atoms with Crippen molar-refractivity contribution in [3.05, 3.63) is 70.4 Å². The number of carbonyl (C=O) groups excluding carboxylic acids is 3. The lowest BCUT2D eigenvalue weighted by Crippen LogP contribution is -2.40. The SMILES string of the molecule is O=C(Nc1ccccc1-c1ccc(F)cc1)c1csc(C2CCN(C(=O)CCN3C(=O)CSC3=S)CC2)n1. The van der Waals surface area contributed by atoms with Crippen molar-refractivity contribution in [1.82, 2.24) is 14.8 Å². The predicted molar refractivity (Wildman–Crippen MR) is 152 cm³/mol. The van der Waals surface area contributed by atoms with Gasteiger partial charge in [0.25, 0.3) is 5.91 Å². The first-order chi connectivity index (χ1) is 18.4. The second-order valence-corrected chi connectivity index (χ2v) is 11.6. The molecule has 0 aliphatic carbocycles. The topological polar surface area (TPSA) is 82.6 Å². The fraction of sp³-hybridized carbons (Fsp3) is 0.296. The van der Waals surface area contributed by atoms with Gasteiger partial charge < -0.3 is 10.2 Å². The van der Waals surface area contributed by atoms with Crippen LogP contribution in [-0.4, -0.2) is 62.2 Å². The third kappa shape index (κ3) is 5.95. The standard InChI is InChI=1S/C27H25FN4O3S3/c28-19-7-5-17(6-8-19)20-3-1-2-4-21(20)29-25(35)22-15-37-26(30-22)18-9-12-31(13-10-18)23(33)11-14-32-24(34)16-38-27(32)36/h1-8,15,18H,9-14,16H2,(H,29,35). The summed E-state index contributed by atoms with van der Waals surface area (Å²) in [7, 11) is 0. The maximum atomic E-state index is 13.4. The fourth-order valence-electron chi connectivity index (χ4n) is 4.58. The van der Waals surface area contributed by atoms with Crippen LogP contribution in [0.5, 0.6) is 0 Å². The molecular formula is C27H25FN4O3S3. The number of benzene rings is 2. The summed E-state index contributed by atoms with van der Waals surface area (Å²) in [6.45, 7) is 1.56. The summed E-state index contributed by atoms with van der Waals surface area (Å²) in [6, 6.07) is 13.5. The van der Waals surface area contributed by atoms with Crippen LogP contribution in [0.15, 0.2) is 53.9 Å². The minimum atomic E-state index is -0.317. The normalized spacial score (nSPS) is 16.2. The summed E-state index contributed by atoms with van der Waals surface area (Å²) >= 11 is 7.98. The van der Waals surface area contributed by atoms with E-state index in [4.69, 9.17) is 12.2 Å². The molecule has 1 N–H and O–H groups in total. The van der Waals surface area contributed by atoms with Crippen LogP contribution in [0.25, 0.3) is 11.1 Å². The maximum Gasteiger partial charge on any atom is 0.275 e. The Bertz CT molecular complexity index is 1350. The van der Waals surface area contributed by atoms with Crippen LogP contribution in [0.4, 0.5) is 10.1 Å². The zero-order chi connectivity index (χ0) is 26.6. The summed E-state index contributed by atoms with van der Waals surface area (Å²) in [5, 5.41) is 5.59. The number of hydrogen-bond acceptors (Lipinski definition) is 7. The smallest absolute Gasteiger partial charge is 0.275 e. The van der Waals surface area contributed by atoms with Crippen LogP contribution in [0.2, 0.25) is 0 Å². The van der Waals surface area contributed by atoms with E-state index in [1.807, 2.05) is 29.2 Å². The minimum absolute atomic E-state index is 0.0231. The van der Waals surface area contributed by atoms with Crippen molar-refractivity contribution >= 4 is 63.0 Å². The van der Waals surface area contributed by atoms with Crippen molar-refractivity contribution < 1.29 is 18.8 Å². The maximum absolute atomic E-state index is 13.4. The molecule has 0 saturated carbocycles. The summed E-state index contributed by atoms with van der Waals surface area (Å²) in [5.41, 5.74) is 2.57. The number of amides is 3. The van der Waals surface area contributed by atoms with Gasteiger partial charge in [0.1, 0.15) is 15.8 Å². The Morgan fingerprint density at radius 1 is 1.11 bits per heavy atom. The average molecular weight is 569 g/mol. The molecule has 38 heavy (non-hydrogen) atoms. The van der Waals surface area contributed by atoms with E-state index >= 15 is 0 Å². The number of piperidine rings is 1. The number of para-hydroxylation sites is 1. The van der Waals surface area contributed by atoms with E-state index < -0.39 is 0 Å². The molecule has 2 saturated heterocycles. The van der Waals surface area contributed by atoms with Gasteiger partial charge in [-0.05, 0) is 36.6 Å². The lowest BCUT2D eigenvalue weighted by molar-refractivity contribution is -0.132. The van der Waals surface area contributed by atoms with E-state index in [1.165, 1.54) is 40.1 Å². The lowest BCUT2D eigenvalue weighted by atomic mass is 9.97. The van der Waals surface area contributed by atoms with Crippen LogP contribution in [0, 0.1) is 5.82 Å². The highest BCUT2D eigenvalue weighted by atomic mass is 32.2. The lowest BCUT2D eigenvalue weighted by Gasteiger charge is -2.31. The third-order valence-corrected chi connectivity index (χ3v) is 9.11. The first-order valence-corrected chi connectivity index (χ1v) is 14.5. The Morgan fingerprint density at radius 2 is 1.84 bits per heavy atom. The minimum Gasteiger partial charge on any atom is -0.343 e. The molecule has 2 aliphatic rings. The summed E-state index contributed by atoms with van der Waals surface area (Å²) < 4.78 is 13.9. The Kier molecular flexibility index (Phi) is 8.15. The molecule has 0 atom stereocenters. The number of anilines is 1. The number of nitrogens with zero attached hydrogens (tertiary/aromatic N) is 3. The number of aromatic nitrogens is 1. The molecule has 3 amide bonds. The quantitative estimate of drug-likeness (QED) is 0.397. The number of rotatable bonds is 7.